The lowest BCUT2D eigenvalue weighted by Gasteiger charge is -2.25. The van der Waals surface area contributed by atoms with E-state index in [0.717, 1.165) is 0 Å². The molecule has 3 aromatic rings. The van der Waals surface area contributed by atoms with Gasteiger partial charge in [0, 0.05) is 16.0 Å². The molecule has 0 amide bonds. The van der Waals surface area contributed by atoms with Gasteiger partial charge in [-0.15, -0.1) is 11.3 Å². The van der Waals surface area contributed by atoms with E-state index < -0.39 is 0 Å². The lowest BCUT2D eigenvalue weighted by atomic mass is 9.93. The van der Waals surface area contributed by atoms with Crippen LogP contribution in [0.4, 0.5) is 5.69 Å². The van der Waals surface area contributed by atoms with Gasteiger partial charge in [-0.2, -0.15) is 0 Å². The van der Waals surface area contributed by atoms with Gasteiger partial charge in [-0.3, -0.25) is 0 Å². The fourth-order valence-corrected chi connectivity index (χ4v) is 5.33. The largest absolute Gasteiger partial charge is 0.378 e. The molecule has 1 aliphatic carbocycles. The third-order valence-electron chi connectivity index (χ3n) is 4.20. The molecule has 21 heavy (non-hydrogen) atoms. The molecule has 1 heterocycles. The van der Waals surface area contributed by atoms with Crippen LogP contribution >= 0.6 is 33.9 Å². The molecular formula is C18H16INS. The number of fused-ring (bicyclic) bond motifs is 2. The third-order valence-corrected chi connectivity index (χ3v) is 6.17. The van der Waals surface area contributed by atoms with E-state index in [4.69, 9.17) is 0 Å². The number of hydrogen-bond acceptors (Lipinski definition) is 2. The van der Waals surface area contributed by atoms with Crippen LogP contribution in [-0.4, -0.2) is 0 Å². The van der Waals surface area contributed by atoms with Gasteiger partial charge in [0.05, 0.1) is 8.93 Å². The molecule has 1 aromatic heterocycles. The van der Waals surface area contributed by atoms with Crippen LogP contribution in [0.15, 0.2) is 48.5 Å². The van der Waals surface area contributed by atoms with Crippen LogP contribution < -0.4 is 5.32 Å². The van der Waals surface area contributed by atoms with E-state index in [1.165, 1.54) is 44.2 Å². The van der Waals surface area contributed by atoms with Crippen LogP contribution in [0.1, 0.15) is 29.3 Å². The molecule has 3 heteroatoms. The average Bonchev–Trinajstić information content (AvgIpc) is 2.89. The van der Waals surface area contributed by atoms with Gasteiger partial charge in [0.25, 0.3) is 0 Å². The summed E-state index contributed by atoms with van der Waals surface area (Å²) < 4.78 is 1.41. The molecule has 0 bridgehead atoms. The van der Waals surface area contributed by atoms with Crippen LogP contribution in [0.5, 0.6) is 0 Å². The Balaban J connectivity index is 1.73. The van der Waals surface area contributed by atoms with Gasteiger partial charge in [-0.05, 0) is 64.9 Å². The summed E-state index contributed by atoms with van der Waals surface area (Å²) >= 11 is 4.40. The summed E-state index contributed by atoms with van der Waals surface area (Å²) in [6.07, 6.45) is 3.76. The Bertz CT molecular complexity index is 788. The third kappa shape index (κ3) is 2.57. The molecular weight excluding hydrogens is 389 g/mol. The Hall–Kier alpha value is -1.07. The molecule has 1 atom stereocenters. The number of nitrogens with one attached hydrogen (secondary N) is 1. The van der Waals surface area contributed by atoms with Crippen LogP contribution in [0.3, 0.4) is 0 Å². The van der Waals surface area contributed by atoms with Crippen molar-refractivity contribution in [2.24, 2.45) is 0 Å². The quantitative estimate of drug-likeness (QED) is 0.516. The molecule has 1 aliphatic rings. The lowest BCUT2D eigenvalue weighted by Crippen LogP contribution is -2.15. The molecule has 0 saturated carbocycles. The van der Waals surface area contributed by atoms with Crippen LogP contribution in [0, 0.1) is 2.88 Å². The molecule has 0 spiro atoms. The van der Waals surface area contributed by atoms with Gasteiger partial charge >= 0.3 is 0 Å². The first-order valence-electron chi connectivity index (χ1n) is 7.34. The van der Waals surface area contributed by atoms with Crippen molar-refractivity contribution in [3.8, 4) is 0 Å². The normalized spacial score (nSPS) is 17.7. The average molecular weight is 405 g/mol. The number of halogens is 1. The Kier molecular flexibility index (Phi) is 3.63. The topological polar surface area (TPSA) is 12.0 Å². The highest BCUT2D eigenvalue weighted by Crippen LogP contribution is 2.39. The maximum atomic E-state index is 3.80. The van der Waals surface area contributed by atoms with Crippen molar-refractivity contribution < 1.29 is 0 Å². The van der Waals surface area contributed by atoms with Crippen molar-refractivity contribution in [2.75, 3.05) is 5.32 Å². The minimum absolute atomic E-state index is 0.458. The summed E-state index contributed by atoms with van der Waals surface area (Å²) in [4.78, 5) is 1.57. The second-order valence-corrected chi connectivity index (χ2v) is 8.58. The van der Waals surface area contributed by atoms with Gasteiger partial charge in [0.2, 0.25) is 0 Å². The molecule has 0 saturated heterocycles. The van der Waals surface area contributed by atoms with E-state index in [1.807, 2.05) is 11.3 Å². The fraction of sp³-hybridized carbons (Fsp3) is 0.222. The Labute approximate surface area is 142 Å². The van der Waals surface area contributed by atoms with Crippen LogP contribution in [0.2, 0.25) is 0 Å². The predicted molar refractivity (Wildman–Crippen MR) is 100 cm³/mol. The Morgan fingerprint density at radius 3 is 2.90 bits per heavy atom. The van der Waals surface area contributed by atoms with Gasteiger partial charge in [-0.25, -0.2) is 0 Å². The monoisotopic (exact) mass is 405 g/mol. The first kappa shape index (κ1) is 13.6. The number of rotatable bonds is 2. The molecule has 0 fully saturated rings. The summed E-state index contributed by atoms with van der Waals surface area (Å²) in [7, 11) is 0. The summed E-state index contributed by atoms with van der Waals surface area (Å²) in [5, 5.41) is 6.42. The zero-order valence-electron chi connectivity index (χ0n) is 11.6. The predicted octanol–water partition coefficient (Wildman–Crippen LogP) is 6.00. The van der Waals surface area contributed by atoms with Crippen molar-refractivity contribution in [1.29, 1.82) is 0 Å². The summed E-state index contributed by atoms with van der Waals surface area (Å²) in [6.45, 7) is 0. The zero-order chi connectivity index (χ0) is 14.2. The first-order valence-corrected chi connectivity index (χ1v) is 9.23. The number of anilines is 1. The van der Waals surface area contributed by atoms with Gasteiger partial charge < -0.3 is 5.32 Å². The SMILES string of the molecule is Ic1cc2c(s1)CCCC2Nc1cccc2ccccc12. The second-order valence-electron chi connectivity index (χ2n) is 5.54. The number of aryl methyl sites for hydroxylation is 1. The van der Waals surface area contributed by atoms with E-state index in [2.05, 4.69) is 76.4 Å². The summed E-state index contributed by atoms with van der Waals surface area (Å²) in [5.74, 6) is 0. The number of thiophene rings is 1. The number of hydrogen-bond donors (Lipinski definition) is 1. The molecule has 1 unspecified atom stereocenters. The van der Waals surface area contributed by atoms with Crippen molar-refractivity contribution in [1.82, 2.24) is 0 Å². The maximum absolute atomic E-state index is 3.80. The van der Waals surface area contributed by atoms with Crippen molar-refractivity contribution in [2.45, 2.75) is 25.3 Å². The standard InChI is InChI=1S/C18H16INS/c19-18-11-14-16(9-4-10-17(14)21-18)20-15-8-3-6-12-5-1-2-7-13(12)15/h1-3,5-8,11,16,20H,4,9-10H2. The zero-order valence-corrected chi connectivity index (χ0v) is 14.6. The highest BCUT2D eigenvalue weighted by atomic mass is 127. The highest BCUT2D eigenvalue weighted by molar-refractivity contribution is 14.1. The Morgan fingerprint density at radius 2 is 1.95 bits per heavy atom. The van der Waals surface area contributed by atoms with Gasteiger partial charge in [-0.1, -0.05) is 36.4 Å². The highest BCUT2D eigenvalue weighted by Gasteiger charge is 2.22. The van der Waals surface area contributed by atoms with E-state index in [1.54, 1.807) is 4.88 Å². The molecule has 1 nitrogen and oxygen atoms in total. The van der Waals surface area contributed by atoms with Crippen molar-refractivity contribution in [3.05, 3.63) is 61.9 Å². The van der Waals surface area contributed by atoms with Crippen molar-refractivity contribution >= 4 is 50.4 Å². The molecule has 4 rings (SSSR count). The van der Waals surface area contributed by atoms with E-state index in [-0.39, 0.29) is 0 Å². The lowest BCUT2D eigenvalue weighted by molar-refractivity contribution is 0.609. The van der Waals surface area contributed by atoms with E-state index >= 15 is 0 Å². The van der Waals surface area contributed by atoms with E-state index in [0.29, 0.717) is 6.04 Å². The second kappa shape index (κ2) is 5.61. The Morgan fingerprint density at radius 1 is 1.10 bits per heavy atom. The van der Waals surface area contributed by atoms with Gasteiger partial charge in [0.1, 0.15) is 0 Å². The smallest absolute Gasteiger partial charge is 0.0660 e. The van der Waals surface area contributed by atoms with Gasteiger partial charge in [0.15, 0.2) is 0 Å². The summed E-state index contributed by atoms with van der Waals surface area (Å²) in [5.41, 5.74) is 2.77. The number of benzene rings is 2. The van der Waals surface area contributed by atoms with Crippen LogP contribution in [-0.2, 0) is 6.42 Å². The van der Waals surface area contributed by atoms with Crippen LogP contribution in [0.25, 0.3) is 10.8 Å². The molecule has 1 N–H and O–H groups in total. The summed E-state index contributed by atoms with van der Waals surface area (Å²) in [6, 6.07) is 18.0. The van der Waals surface area contributed by atoms with E-state index in [9.17, 15) is 0 Å². The molecule has 0 radical (unpaired) electrons. The maximum Gasteiger partial charge on any atom is 0.0660 e. The molecule has 2 aromatic carbocycles. The molecule has 106 valence electrons. The fourth-order valence-electron chi connectivity index (χ4n) is 3.21. The molecule has 0 aliphatic heterocycles. The minimum atomic E-state index is 0.458. The minimum Gasteiger partial charge on any atom is -0.378 e. The first-order chi connectivity index (χ1) is 10.3. The van der Waals surface area contributed by atoms with Crippen molar-refractivity contribution in [3.63, 3.8) is 0 Å².